The molecule has 0 aliphatic rings. The molecule has 2 aromatic heterocycles. The zero-order valence-electron chi connectivity index (χ0n) is 17.7. The van der Waals surface area contributed by atoms with Gasteiger partial charge in [-0.25, -0.2) is 9.97 Å². The van der Waals surface area contributed by atoms with E-state index in [-0.39, 0.29) is 28.2 Å². The average Bonchev–Trinajstić information content (AvgIpc) is 3.08. The highest BCUT2D eigenvalue weighted by Crippen LogP contribution is 2.32. The number of carbonyl (C=O) groups is 1. The Morgan fingerprint density at radius 2 is 1.97 bits per heavy atom. The van der Waals surface area contributed by atoms with Gasteiger partial charge in [0.25, 0.3) is 5.91 Å². The van der Waals surface area contributed by atoms with Crippen LogP contribution in [-0.2, 0) is 4.74 Å². The molecule has 0 bridgehead atoms. The van der Waals surface area contributed by atoms with Crippen LogP contribution in [0.25, 0.3) is 27.9 Å². The lowest BCUT2D eigenvalue weighted by molar-refractivity contribution is -0.387. The number of fused-ring (bicyclic) bond motifs is 2. The van der Waals surface area contributed by atoms with Crippen LogP contribution in [0.2, 0.25) is 0 Å². The first-order chi connectivity index (χ1) is 15.9. The number of amides is 1. The summed E-state index contributed by atoms with van der Waals surface area (Å²) in [7, 11) is 0. The van der Waals surface area contributed by atoms with Crippen LogP contribution in [0, 0.1) is 15.9 Å². The van der Waals surface area contributed by atoms with E-state index in [0.717, 1.165) is 12.1 Å². The quantitative estimate of drug-likeness (QED) is 0.237. The maximum Gasteiger partial charge on any atom is 0.306 e. The lowest BCUT2D eigenvalue weighted by Crippen LogP contribution is -2.26. The number of nitrogens with zero attached hydrogens (tertiary/aromatic N) is 4. The molecule has 4 aromatic rings. The Morgan fingerprint density at radius 3 is 2.67 bits per heavy atom. The van der Waals surface area contributed by atoms with Crippen molar-refractivity contribution in [3.63, 3.8) is 0 Å². The second kappa shape index (κ2) is 9.17. The molecule has 0 saturated carbocycles. The van der Waals surface area contributed by atoms with Crippen molar-refractivity contribution in [2.75, 3.05) is 25.5 Å². The molecule has 4 rings (SSSR count). The Labute approximate surface area is 187 Å². The number of halogens is 1. The van der Waals surface area contributed by atoms with E-state index in [2.05, 4.69) is 15.3 Å². The van der Waals surface area contributed by atoms with Gasteiger partial charge in [0.05, 0.1) is 21.6 Å². The lowest BCUT2D eigenvalue weighted by Gasteiger charge is -2.08. The summed E-state index contributed by atoms with van der Waals surface area (Å²) in [6.45, 7) is 3.32. The third kappa shape index (κ3) is 4.17. The van der Waals surface area contributed by atoms with Gasteiger partial charge in [0.2, 0.25) is 5.82 Å². The molecular weight excluding hydrogens is 431 g/mol. The predicted octanol–water partition coefficient (Wildman–Crippen LogP) is 3.36. The van der Waals surface area contributed by atoms with Gasteiger partial charge in [0, 0.05) is 25.8 Å². The Bertz CT molecular complexity index is 1370. The van der Waals surface area contributed by atoms with Crippen molar-refractivity contribution in [1.29, 1.82) is 0 Å². The Kier molecular flexibility index (Phi) is 6.13. The number of hydrogen-bond donors (Lipinski definition) is 2. The van der Waals surface area contributed by atoms with Crippen LogP contribution in [0.1, 0.15) is 23.7 Å². The minimum absolute atomic E-state index is 0.0106. The average molecular weight is 452 g/mol. The van der Waals surface area contributed by atoms with Crippen LogP contribution in [0.4, 0.5) is 15.9 Å². The number of nitrogen functional groups attached to an aromatic ring is 1. The highest BCUT2D eigenvalue weighted by atomic mass is 19.1. The number of nitrogens with two attached hydrogens (primary N) is 1. The Hall–Kier alpha value is -4.12. The molecule has 2 aromatic carbocycles. The third-order valence-electron chi connectivity index (χ3n) is 5.06. The molecule has 0 fully saturated rings. The summed E-state index contributed by atoms with van der Waals surface area (Å²) in [4.78, 5) is 32.6. The molecule has 2 heterocycles. The number of nitrogens with one attached hydrogen (secondary N) is 1. The van der Waals surface area contributed by atoms with Crippen LogP contribution in [0.5, 0.6) is 0 Å². The van der Waals surface area contributed by atoms with E-state index < -0.39 is 22.3 Å². The molecule has 10 nitrogen and oxygen atoms in total. The molecule has 33 heavy (non-hydrogen) atoms. The highest BCUT2D eigenvalue weighted by molar-refractivity contribution is 6.11. The van der Waals surface area contributed by atoms with Crippen LogP contribution in [-0.4, -0.2) is 45.1 Å². The standard InChI is InChI=1S/C22H21FN6O4/c1-2-33-11-5-10-25-22(30)18-19-21(27-16-7-4-3-6-15(16)26-19)28(20(18)24)13-8-9-14(23)17(12-13)29(31)32/h3-4,6-9,12H,2,5,10-11,24H2,1H3,(H,25,30). The third-order valence-corrected chi connectivity index (χ3v) is 5.06. The molecule has 0 saturated heterocycles. The molecule has 0 radical (unpaired) electrons. The molecule has 3 N–H and O–H groups in total. The van der Waals surface area contributed by atoms with Gasteiger partial charge in [0.15, 0.2) is 5.65 Å². The van der Waals surface area contributed by atoms with Crippen LogP contribution >= 0.6 is 0 Å². The number of nitro groups is 1. The van der Waals surface area contributed by atoms with Gasteiger partial charge in [0.1, 0.15) is 16.9 Å². The van der Waals surface area contributed by atoms with Crippen molar-refractivity contribution in [3.8, 4) is 5.69 Å². The minimum atomic E-state index is -0.984. The van der Waals surface area contributed by atoms with Crippen molar-refractivity contribution in [1.82, 2.24) is 19.9 Å². The number of ether oxygens (including phenoxy) is 1. The van der Waals surface area contributed by atoms with E-state index in [1.165, 1.54) is 10.6 Å². The molecule has 0 aliphatic heterocycles. The van der Waals surface area contributed by atoms with Crippen LogP contribution in [0.15, 0.2) is 42.5 Å². The molecule has 170 valence electrons. The summed E-state index contributed by atoms with van der Waals surface area (Å²) < 4.78 is 20.6. The number of nitro benzene ring substituents is 1. The molecule has 0 unspecified atom stereocenters. The number of rotatable bonds is 8. The molecule has 11 heteroatoms. The highest BCUT2D eigenvalue weighted by Gasteiger charge is 2.26. The summed E-state index contributed by atoms with van der Waals surface area (Å²) in [5.74, 6) is -1.46. The molecule has 0 aliphatic carbocycles. The maximum absolute atomic E-state index is 13.9. The number of carbonyl (C=O) groups excluding carboxylic acids is 1. The van der Waals surface area contributed by atoms with Gasteiger partial charge in [-0.3, -0.25) is 19.5 Å². The smallest absolute Gasteiger partial charge is 0.306 e. The predicted molar refractivity (Wildman–Crippen MR) is 121 cm³/mol. The Morgan fingerprint density at radius 1 is 1.24 bits per heavy atom. The van der Waals surface area contributed by atoms with E-state index in [4.69, 9.17) is 10.5 Å². The number of aromatic nitrogens is 3. The second-order valence-corrected chi connectivity index (χ2v) is 7.18. The number of hydrogen-bond acceptors (Lipinski definition) is 7. The molecular formula is C22H21FN6O4. The van der Waals surface area contributed by atoms with E-state index >= 15 is 0 Å². The normalized spacial score (nSPS) is 11.2. The van der Waals surface area contributed by atoms with E-state index in [1.807, 2.05) is 6.92 Å². The zero-order valence-corrected chi connectivity index (χ0v) is 17.7. The molecule has 1 amide bonds. The van der Waals surface area contributed by atoms with Crippen molar-refractivity contribution < 1.29 is 18.8 Å². The van der Waals surface area contributed by atoms with Gasteiger partial charge in [-0.1, -0.05) is 12.1 Å². The topological polar surface area (TPSA) is 138 Å². The van der Waals surface area contributed by atoms with Gasteiger partial charge in [-0.05, 0) is 37.6 Å². The van der Waals surface area contributed by atoms with E-state index in [9.17, 15) is 19.3 Å². The van der Waals surface area contributed by atoms with Crippen molar-refractivity contribution in [2.24, 2.45) is 0 Å². The minimum Gasteiger partial charge on any atom is -0.384 e. The van der Waals surface area contributed by atoms with Crippen molar-refractivity contribution in [3.05, 3.63) is 64.0 Å². The fourth-order valence-corrected chi connectivity index (χ4v) is 3.54. The van der Waals surface area contributed by atoms with Gasteiger partial charge in [-0.2, -0.15) is 4.39 Å². The number of anilines is 1. The zero-order chi connectivity index (χ0) is 23.5. The first-order valence-electron chi connectivity index (χ1n) is 10.3. The van der Waals surface area contributed by atoms with E-state index in [1.54, 1.807) is 24.3 Å². The van der Waals surface area contributed by atoms with Crippen molar-refractivity contribution in [2.45, 2.75) is 13.3 Å². The number of benzene rings is 2. The second-order valence-electron chi connectivity index (χ2n) is 7.18. The van der Waals surface area contributed by atoms with Gasteiger partial charge >= 0.3 is 5.69 Å². The Balaban J connectivity index is 1.87. The first-order valence-corrected chi connectivity index (χ1v) is 10.3. The summed E-state index contributed by atoms with van der Waals surface area (Å²) in [6.07, 6.45) is 0.608. The van der Waals surface area contributed by atoms with Crippen LogP contribution in [0.3, 0.4) is 0 Å². The lowest BCUT2D eigenvalue weighted by atomic mass is 10.2. The fraction of sp³-hybridized carbons (Fsp3) is 0.227. The largest absolute Gasteiger partial charge is 0.384 e. The molecule has 0 spiro atoms. The fourth-order valence-electron chi connectivity index (χ4n) is 3.54. The SMILES string of the molecule is CCOCCCNC(=O)c1c(N)n(-c2ccc(F)c([N+](=O)[O-])c2)c2nc3ccccc3nc12. The summed E-state index contributed by atoms with van der Waals surface area (Å²) >= 11 is 0. The summed E-state index contributed by atoms with van der Waals surface area (Å²) in [5.41, 5.74) is 7.48. The summed E-state index contributed by atoms with van der Waals surface area (Å²) in [6, 6.07) is 10.4. The molecule has 0 atom stereocenters. The van der Waals surface area contributed by atoms with Gasteiger partial charge < -0.3 is 15.8 Å². The van der Waals surface area contributed by atoms with Crippen molar-refractivity contribution >= 4 is 39.6 Å². The monoisotopic (exact) mass is 452 g/mol. The maximum atomic E-state index is 13.9. The number of para-hydroxylation sites is 2. The van der Waals surface area contributed by atoms with Crippen LogP contribution < -0.4 is 11.1 Å². The first kappa shape index (κ1) is 22.1. The van der Waals surface area contributed by atoms with Gasteiger partial charge in [-0.15, -0.1) is 0 Å². The van der Waals surface area contributed by atoms with E-state index in [0.29, 0.717) is 37.2 Å². The summed E-state index contributed by atoms with van der Waals surface area (Å²) in [5, 5.41) is 14.1.